The molecule has 0 spiro atoms. The predicted molar refractivity (Wildman–Crippen MR) is 170 cm³/mol. The van der Waals surface area contributed by atoms with Crippen molar-refractivity contribution in [2.45, 2.75) is 37.7 Å². The summed E-state index contributed by atoms with van der Waals surface area (Å²) >= 11 is 0. The fourth-order valence-electron chi connectivity index (χ4n) is 4.94. The maximum Gasteiger partial charge on any atom is 0.328 e. The van der Waals surface area contributed by atoms with Gasteiger partial charge in [-0.1, -0.05) is 84.9 Å². The van der Waals surface area contributed by atoms with E-state index >= 15 is 0 Å². The van der Waals surface area contributed by atoms with Gasteiger partial charge in [-0.05, 0) is 71.0 Å². The largest absolute Gasteiger partial charge is 0.478 e. The molecule has 4 aromatic rings. The van der Waals surface area contributed by atoms with Crippen LogP contribution in [-0.4, -0.2) is 60.7 Å². The average molecular weight is 587 g/mol. The summed E-state index contributed by atoms with van der Waals surface area (Å²) in [6.45, 7) is 4.36. The number of aliphatic hydroxyl groups excluding tert-OH is 1. The van der Waals surface area contributed by atoms with E-state index < -0.39 is 22.1 Å². The minimum absolute atomic E-state index is 0.0287. The molecule has 0 amide bonds. The van der Waals surface area contributed by atoms with Crippen molar-refractivity contribution < 1.29 is 23.4 Å². The number of carbonyl (C=O) groups is 1. The van der Waals surface area contributed by atoms with Gasteiger partial charge in [0.1, 0.15) is 0 Å². The number of hydrogen-bond donors (Lipinski definition) is 3. The summed E-state index contributed by atoms with van der Waals surface area (Å²) in [6.07, 6.45) is 2.47. The molecule has 4 rings (SSSR count). The topological polar surface area (TPSA) is 107 Å². The number of carboxylic acid groups (broad SMARTS) is 1. The van der Waals surface area contributed by atoms with E-state index in [4.69, 9.17) is 5.11 Å². The molecule has 1 atom stereocenters. The summed E-state index contributed by atoms with van der Waals surface area (Å²) in [4.78, 5) is 10.8. The Morgan fingerprint density at radius 1 is 0.905 bits per heavy atom. The lowest BCUT2D eigenvalue weighted by atomic mass is 9.93. The number of β-amino-alcohol motifs (C(OH)–C–C–N with tert-alkyl or cyclic N) is 1. The lowest BCUT2D eigenvalue weighted by Gasteiger charge is -2.29. The molecular formula is C34H38N2O5S. The Bertz CT molecular complexity index is 1680. The zero-order chi connectivity index (χ0) is 30.3. The summed E-state index contributed by atoms with van der Waals surface area (Å²) in [7, 11) is -2.20. The van der Waals surface area contributed by atoms with Crippen molar-refractivity contribution in [3.63, 3.8) is 0 Å². The number of carboxylic acids is 1. The fourth-order valence-corrected chi connectivity index (χ4v) is 6.16. The Morgan fingerprint density at radius 3 is 2.33 bits per heavy atom. The van der Waals surface area contributed by atoms with E-state index in [1.165, 1.54) is 33.8 Å². The van der Waals surface area contributed by atoms with Crippen LogP contribution in [0.15, 0.2) is 97.1 Å². The molecule has 0 radical (unpaired) electrons. The second-order valence-corrected chi connectivity index (χ2v) is 13.4. The molecule has 0 aliphatic heterocycles. The zero-order valence-electron chi connectivity index (χ0n) is 24.2. The number of benzene rings is 4. The van der Waals surface area contributed by atoms with Crippen molar-refractivity contribution in [2.24, 2.45) is 0 Å². The van der Waals surface area contributed by atoms with Crippen molar-refractivity contribution in [1.29, 1.82) is 0 Å². The quantitative estimate of drug-likeness (QED) is 0.183. The number of aliphatic hydroxyl groups is 1. The number of likely N-dealkylation sites (N-methyl/N-ethyl adjacent to an activating group) is 1. The number of aliphatic carboxylic acids is 1. The number of hydrogen-bond acceptors (Lipinski definition) is 5. The number of fused-ring (bicyclic) bond motifs is 1. The maximum atomic E-state index is 13.2. The molecule has 7 nitrogen and oxygen atoms in total. The molecule has 3 N–H and O–H groups in total. The van der Waals surface area contributed by atoms with E-state index in [9.17, 15) is 18.3 Å². The third kappa shape index (κ3) is 8.84. The Balaban J connectivity index is 1.33. The van der Waals surface area contributed by atoms with E-state index in [0.717, 1.165) is 29.2 Å². The molecule has 0 saturated heterocycles. The van der Waals surface area contributed by atoms with Gasteiger partial charge >= 0.3 is 5.97 Å². The Labute approximate surface area is 248 Å². The minimum Gasteiger partial charge on any atom is -0.478 e. The Morgan fingerprint density at radius 2 is 1.60 bits per heavy atom. The van der Waals surface area contributed by atoms with Gasteiger partial charge in [-0.3, -0.25) is 0 Å². The highest BCUT2D eigenvalue weighted by Crippen LogP contribution is 2.24. The summed E-state index contributed by atoms with van der Waals surface area (Å²) in [6, 6.07) is 29.3. The van der Waals surface area contributed by atoms with Gasteiger partial charge in [-0.25, -0.2) is 17.5 Å². The van der Waals surface area contributed by atoms with Crippen molar-refractivity contribution in [3.8, 4) is 11.1 Å². The standard InChI is InChI=1S/C34H38N2O5S/c1-34(2,21-26-14-16-28-10-4-5-11-29(28)19-26)35-22-32(37)23-36(3)42(40,41)24-27-9-7-13-31(20-27)30-12-6-8-25(18-30)15-17-33(38)39/h4-20,32,35,37H,21-24H2,1-3H3,(H,38,39)/b17-15+/t32-/m1/s1. The molecule has 0 saturated carbocycles. The first-order valence-electron chi connectivity index (χ1n) is 13.9. The van der Waals surface area contributed by atoms with E-state index in [2.05, 4.69) is 49.5 Å². The first-order valence-corrected chi connectivity index (χ1v) is 15.5. The van der Waals surface area contributed by atoms with Crippen molar-refractivity contribution in [2.75, 3.05) is 20.1 Å². The first kappa shape index (κ1) is 31.1. The van der Waals surface area contributed by atoms with Crippen LogP contribution >= 0.6 is 0 Å². The van der Waals surface area contributed by atoms with Crippen molar-refractivity contribution in [1.82, 2.24) is 9.62 Å². The number of nitrogens with zero attached hydrogens (tertiary/aromatic N) is 1. The highest BCUT2D eigenvalue weighted by atomic mass is 32.2. The Hall–Kier alpha value is -3.82. The highest BCUT2D eigenvalue weighted by molar-refractivity contribution is 7.88. The second-order valence-electron chi connectivity index (χ2n) is 11.3. The van der Waals surface area contributed by atoms with Crippen LogP contribution in [0.2, 0.25) is 0 Å². The average Bonchev–Trinajstić information content (AvgIpc) is 2.95. The van der Waals surface area contributed by atoms with E-state index in [-0.39, 0.29) is 24.4 Å². The van der Waals surface area contributed by atoms with Gasteiger partial charge in [-0.2, -0.15) is 0 Å². The van der Waals surface area contributed by atoms with E-state index in [1.54, 1.807) is 18.2 Å². The maximum absolute atomic E-state index is 13.2. The van der Waals surface area contributed by atoms with Gasteiger partial charge in [0.15, 0.2) is 0 Å². The predicted octanol–water partition coefficient (Wildman–Crippen LogP) is 5.34. The third-order valence-corrected chi connectivity index (χ3v) is 8.93. The molecule has 4 aromatic carbocycles. The summed E-state index contributed by atoms with van der Waals surface area (Å²) in [5.74, 6) is -1.23. The minimum atomic E-state index is -3.69. The SMILES string of the molecule is CN(C[C@H](O)CNC(C)(C)Cc1ccc2ccccc2c1)S(=O)(=O)Cc1cccc(-c2cccc(/C=C/C(=O)O)c2)c1. The number of sulfonamides is 1. The normalized spacial score (nSPS) is 13.2. The van der Waals surface area contributed by atoms with Gasteiger partial charge in [0.2, 0.25) is 10.0 Å². The van der Waals surface area contributed by atoms with Crippen molar-refractivity contribution >= 4 is 32.8 Å². The monoisotopic (exact) mass is 586 g/mol. The van der Waals surface area contributed by atoms with E-state index in [0.29, 0.717) is 5.56 Å². The summed E-state index contributed by atoms with van der Waals surface area (Å²) < 4.78 is 27.5. The van der Waals surface area contributed by atoms with Gasteiger partial charge in [0.05, 0.1) is 11.9 Å². The molecule has 0 aliphatic carbocycles. The third-order valence-electron chi connectivity index (χ3n) is 7.13. The molecular weight excluding hydrogens is 548 g/mol. The number of nitrogens with one attached hydrogen (secondary N) is 1. The zero-order valence-corrected chi connectivity index (χ0v) is 25.0. The molecule has 0 bridgehead atoms. The van der Waals surface area contributed by atoms with Crippen LogP contribution in [0.4, 0.5) is 0 Å². The van der Waals surface area contributed by atoms with Crippen LogP contribution in [-0.2, 0) is 27.0 Å². The van der Waals surface area contributed by atoms with Crippen LogP contribution in [0.1, 0.15) is 30.5 Å². The first-order chi connectivity index (χ1) is 19.9. The van der Waals surface area contributed by atoms with Crippen molar-refractivity contribution in [3.05, 3.63) is 114 Å². The fraction of sp³-hybridized carbons (Fsp3) is 0.265. The van der Waals surface area contributed by atoms with Crippen LogP contribution in [0.3, 0.4) is 0 Å². The Kier molecular flexibility index (Phi) is 9.96. The van der Waals surface area contributed by atoms with Gasteiger partial charge in [-0.15, -0.1) is 0 Å². The molecule has 0 aromatic heterocycles. The summed E-state index contributed by atoms with van der Waals surface area (Å²) in [5, 5.41) is 25.4. The van der Waals surface area contributed by atoms with Crippen LogP contribution < -0.4 is 5.32 Å². The lowest BCUT2D eigenvalue weighted by molar-refractivity contribution is -0.131. The number of rotatable bonds is 13. The van der Waals surface area contributed by atoms with Crippen LogP contribution in [0.5, 0.6) is 0 Å². The molecule has 0 heterocycles. The van der Waals surface area contributed by atoms with E-state index in [1.807, 2.05) is 42.5 Å². The molecule has 8 heteroatoms. The molecule has 42 heavy (non-hydrogen) atoms. The molecule has 220 valence electrons. The highest BCUT2D eigenvalue weighted by Gasteiger charge is 2.24. The molecule has 0 aliphatic rings. The van der Waals surface area contributed by atoms with Crippen LogP contribution in [0.25, 0.3) is 28.0 Å². The second kappa shape index (κ2) is 13.4. The molecule has 0 unspecified atom stereocenters. The summed E-state index contributed by atoms with van der Waals surface area (Å²) in [5.41, 5.74) is 3.91. The van der Waals surface area contributed by atoms with Gasteiger partial charge < -0.3 is 15.5 Å². The smallest absolute Gasteiger partial charge is 0.328 e. The lowest BCUT2D eigenvalue weighted by Crippen LogP contribution is -2.47. The van der Waals surface area contributed by atoms with Gasteiger partial charge in [0.25, 0.3) is 0 Å². The van der Waals surface area contributed by atoms with Crippen LogP contribution in [0, 0.1) is 0 Å². The molecule has 0 fully saturated rings. The van der Waals surface area contributed by atoms with Gasteiger partial charge in [0, 0.05) is 31.8 Å².